The average Bonchev–Trinajstić information content (AvgIpc) is 2.96. The van der Waals surface area contributed by atoms with Crippen LogP contribution in [0.15, 0.2) is 17.6 Å². The molecule has 19 heavy (non-hydrogen) atoms. The SMILES string of the molecule is CC(NC(=O)c1ccn(C)n1)c1nc(C(=O)O)cs1. The Morgan fingerprint density at radius 2 is 2.21 bits per heavy atom. The topological polar surface area (TPSA) is 97.1 Å². The van der Waals surface area contributed by atoms with E-state index in [1.165, 1.54) is 21.4 Å². The first-order valence-corrected chi connectivity index (χ1v) is 6.34. The summed E-state index contributed by atoms with van der Waals surface area (Å²) in [4.78, 5) is 26.5. The summed E-state index contributed by atoms with van der Waals surface area (Å²) in [5.74, 6) is -1.40. The van der Waals surface area contributed by atoms with Gasteiger partial charge in [0.25, 0.3) is 5.91 Å². The number of aromatic nitrogens is 3. The van der Waals surface area contributed by atoms with Crippen molar-refractivity contribution in [2.75, 3.05) is 0 Å². The molecule has 2 N–H and O–H groups in total. The van der Waals surface area contributed by atoms with E-state index < -0.39 is 5.97 Å². The third kappa shape index (κ3) is 2.97. The molecule has 0 aliphatic heterocycles. The summed E-state index contributed by atoms with van der Waals surface area (Å²) in [6, 6.07) is 1.24. The van der Waals surface area contributed by atoms with Crippen molar-refractivity contribution >= 4 is 23.2 Å². The van der Waals surface area contributed by atoms with Crippen LogP contribution in [-0.4, -0.2) is 31.7 Å². The van der Waals surface area contributed by atoms with E-state index in [-0.39, 0.29) is 17.6 Å². The number of carbonyl (C=O) groups excluding carboxylic acids is 1. The number of hydrogen-bond acceptors (Lipinski definition) is 5. The van der Waals surface area contributed by atoms with Gasteiger partial charge in [0.2, 0.25) is 0 Å². The molecule has 0 spiro atoms. The molecule has 2 rings (SSSR count). The predicted octanol–water partition coefficient (Wildman–Crippen LogP) is 1.07. The van der Waals surface area contributed by atoms with E-state index in [0.717, 1.165) is 0 Å². The molecule has 0 aromatic carbocycles. The number of thiazole rings is 1. The van der Waals surface area contributed by atoms with Gasteiger partial charge in [-0.25, -0.2) is 9.78 Å². The molecule has 2 heterocycles. The number of aryl methyl sites for hydroxylation is 1. The molecule has 1 unspecified atom stereocenters. The molecular weight excluding hydrogens is 268 g/mol. The molecule has 0 bridgehead atoms. The predicted molar refractivity (Wildman–Crippen MR) is 68.2 cm³/mol. The summed E-state index contributed by atoms with van der Waals surface area (Å²) >= 11 is 1.20. The molecule has 7 nitrogen and oxygen atoms in total. The fourth-order valence-electron chi connectivity index (χ4n) is 1.45. The largest absolute Gasteiger partial charge is 0.476 e. The minimum Gasteiger partial charge on any atom is -0.476 e. The van der Waals surface area contributed by atoms with Gasteiger partial charge in [-0.05, 0) is 13.0 Å². The lowest BCUT2D eigenvalue weighted by atomic mass is 10.3. The number of aromatic carboxylic acids is 1. The van der Waals surface area contributed by atoms with Crippen LogP contribution in [0, 0.1) is 0 Å². The maximum Gasteiger partial charge on any atom is 0.355 e. The van der Waals surface area contributed by atoms with E-state index in [1.54, 1.807) is 26.2 Å². The van der Waals surface area contributed by atoms with Crippen molar-refractivity contribution in [3.05, 3.63) is 34.0 Å². The summed E-state index contributed by atoms with van der Waals surface area (Å²) in [6.45, 7) is 1.74. The van der Waals surface area contributed by atoms with Gasteiger partial charge in [-0.1, -0.05) is 0 Å². The van der Waals surface area contributed by atoms with Crippen LogP contribution in [0.4, 0.5) is 0 Å². The van der Waals surface area contributed by atoms with Gasteiger partial charge in [0.1, 0.15) is 10.7 Å². The Kier molecular flexibility index (Phi) is 3.61. The fraction of sp³-hybridized carbons (Fsp3) is 0.273. The Hall–Kier alpha value is -2.22. The first kappa shape index (κ1) is 13.2. The summed E-state index contributed by atoms with van der Waals surface area (Å²) in [5.41, 5.74) is 0.295. The number of carboxylic acids is 1. The van der Waals surface area contributed by atoms with E-state index in [1.807, 2.05) is 0 Å². The standard InChI is InChI=1S/C11H12N4O3S/c1-6(10-13-8(5-19-10)11(17)18)12-9(16)7-3-4-15(2)14-7/h3-6H,1-2H3,(H,12,16)(H,17,18). The van der Waals surface area contributed by atoms with E-state index >= 15 is 0 Å². The maximum absolute atomic E-state index is 11.9. The minimum absolute atomic E-state index is 0.0149. The molecule has 1 amide bonds. The Labute approximate surface area is 112 Å². The zero-order valence-corrected chi connectivity index (χ0v) is 11.1. The maximum atomic E-state index is 11.9. The average molecular weight is 280 g/mol. The van der Waals surface area contributed by atoms with Crippen LogP contribution < -0.4 is 5.32 Å². The Balaban J connectivity index is 2.05. The van der Waals surface area contributed by atoms with E-state index in [2.05, 4.69) is 15.4 Å². The zero-order chi connectivity index (χ0) is 14.0. The molecule has 0 fully saturated rings. The number of rotatable bonds is 4. The second-order valence-corrected chi connectivity index (χ2v) is 4.84. The van der Waals surface area contributed by atoms with Gasteiger partial charge in [-0.2, -0.15) is 5.10 Å². The van der Waals surface area contributed by atoms with E-state index in [9.17, 15) is 9.59 Å². The highest BCUT2D eigenvalue weighted by Gasteiger charge is 2.17. The van der Waals surface area contributed by atoms with Gasteiger partial charge < -0.3 is 10.4 Å². The second kappa shape index (κ2) is 5.19. The quantitative estimate of drug-likeness (QED) is 0.873. The molecule has 0 aliphatic carbocycles. The van der Waals surface area contributed by atoms with Crippen LogP contribution in [0.5, 0.6) is 0 Å². The van der Waals surface area contributed by atoms with Gasteiger partial charge in [-0.3, -0.25) is 9.48 Å². The minimum atomic E-state index is -1.08. The van der Waals surface area contributed by atoms with Crippen molar-refractivity contribution in [1.82, 2.24) is 20.1 Å². The van der Waals surface area contributed by atoms with Crippen LogP contribution in [-0.2, 0) is 7.05 Å². The number of nitrogens with one attached hydrogen (secondary N) is 1. The van der Waals surface area contributed by atoms with Crippen LogP contribution in [0.25, 0.3) is 0 Å². The van der Waals surface area contributed by atoms with E-state index in [4.69, 9.17) is 5.11 Å². The first-order valence-electron chi connectivity index (χ1n) is 5.46. The number of nitrogens with zero attached hydrogens (tertiary/aromatic N) is 3. The Bertz CT molecular complexity index is 619. The van der Waals surface area contributed by atoms with Gasteiger partial charge >= 0.3 is 5.97 Å². The smallest absolute Gasteiger partial charge is 0.355 e. The number of carbonyl (C=O) groups is 2. The van der Waals surface area contributed by atoms with Crippen molar-refractivity contribution in [2.24, 2.45) is 7.05 Å². The lowest BCUT2D eigenvalue weighted by Crippen LogP contribution is -2.27. The molecule has 0 saturated carbocycles. The third-order valence-electron chi connectivity index (χ3n) is 2.41. The highest BCUT2D eigenvalue weighted by atomic mass is 32.1. The fourth-order valence-corrected chi connectivity index (χ4v) is 2.25. The van der Waals surface area contributed by atoms with Crippen LogP contribution in [0.3, 0.4) is 0 Å². The van der Waals surface area contributed by atoms with Crippen LogP contribution in [0.1, 0.15) is 39.0 Å². The Morgan fingerprint density at radius 1 is 1.47 bits per heavy atom. The molecule has 100 valence electrons. The molecule has 1 atom stereocenters. The summed E-state index contributed by atoms with van der Waals surface area (Å²) in [7, 11) is 1.72. The molecule has 8 heteroatoms. The molecule has 2 aromatic rings. The summed E-state index contributed by atoms with van der Waals surface area (Å²) < 4.78 is 1.53. The van der Waals surface area contributed by atoms with Crippen molar-refractivity contribution < 1.29 is 14.7 Å². The Morgan fingerprint density at radius 3 is 2.74 bits per heavy atom. The number of carboxylic acid groups (broad SMARTS) is 1. The van der Waals surface area contributed by atoms with Crippen molar-refractivity contribution in [1.29, 1.82) is 0 Å². The molecule has 0 aliphatic rings. The highest BCUT2D eigenvalue weighted by Crippen LogP contribution is 2.18. The number of hydrogen-bond donors (Lipinski definition) is 2. The van der Waals surface area contributed by atoms with Gasteiger partial charge in [0.15, 0.2) is 5.69 Å². The first-order chi connectivity index (χ1) is 8.97. The second-order valence-electron chi connectivity index (χ2n) is 3.95. The lowest BCUT2D eigenvalue weighted by molar-refractivity contribution is 0.0691. The molecule has 0 saturated heterocycles. The molecule has 2 aromatic heterocycles. The number of amides is 1. The van der Waals surface area contributed by atoms with Crippen molar-refractivity contribution in [2.45, 2.75) is 13.0 Å². The lowest BCUT2D eigenvalue weighted by Gasteiger charge is -2.09. The zero-order valence-electron chi connectivity index (χ0n) is 10.3. The van der Waals surface area contributed by atoms with Crippen molar-refractivity contribution in [3.63, 3.8) is 0 Å². The third-order valence-corrected chi connectivity index (χ3v) is 3.43. The molecular formula is C11H12N4O3S. The summed E-state index contributed by atoms with van der Waals surface area (Å²) in [5, 5.41) is 17.5. The van der Waals surface area contributed by atoms with Crippen LogP contribution >= 0.6 is 11.3 Å². The highest BCUT2D eigenvalue weighted by molar-refractivity contribution is 7.09. The van der Waals surface area contributed by atoms with Gasteiger partial charge in [0.05, 0.1) is 6.04 Å². The molecule has 0 radical (unpaired) electrons. The van der Waals surface area contributed by atoms with Crippen LogP contribution in [0.2, 0.25) is 0 Å². The normalized spacial score (nSPS) is 12.1. The van der Waals surface area contributed by atoms with Gasteiger partial charge in [-0.15, -0.1) is 11.3 Å². The van der Waals surface area contributed by atoms with Crippen molar-refractivity contribution in [3.8, 4) is 0 Å². The summed E-state index contributed by atoms with van der Waals surface area (Å²) in [6.07, 6.45) is 1.67. The van der Waals surface area contributed by atoms with E-state index in [0.29, 0.717) is 10.7 Å². The monoisotopic (exact) mass is 280 g/mol. The van der Waals surface area contributed by atoms with Gasteiger partial charge in [0, 0.05) is 18.6 Å².